The van der Waals surface area contributed by atoms with E-state index in [1.54, 1.807) is 0 Å². The number of methoxy groups -OCH3 is 1. The second-order valence-corrected chi connectivity index (χ2v) is 8.46. The molecule has 0 amide bonds. The van der Waals surface area contributed by atoms with Crippen LogP contribution in [0.15, 0.2) is 24.0 Å². The number of aliphatic hydroxyl groups is 2. The molecule has 0 radical (unpaired) electrons. The number of rotatable bonds is 11. The molecule has 6 atom stereocenters. The molecule has 160 valence electrons. The molecular formula is C22H35ClO5. The van der Waals surface area contributed by atoms with Gasteiger partial charge in [-0.15, -0.1) is 11.6 Å². The van der Waals surface area contributed by atoms with E-state index in [1.807, 2.05) is 19.1 Å². The summed E-state index contributed by atoms with van der Waals surface area (Å²) in [6.45, 7) is 2.05. The van der Waals surface area contributed by atoms with Gasteiger partial charge < -0.3 is 19.7 Å². The quantitative estimate of drug-likeness (QED) is 0.231. The molecule has 0 aromatic carbocycles. The maximum absolute atomic E-state index is 11.2. The van der Waals surface area contributed by atoms with Gasteiger partial charge in [0.1, 0.15) is 6.10 Å². The van der Waals surface area contributed by atoms with Crippen LogP contribution in [0.4, 0.5) is 0 Å². The largest absolute Gasteiger partial charge is 0.495 e. The first-order valence-corrected chi connectivity index (χ1v) is 11.0. The van der Waals surface area contributed by atoms with Gasteiger partial charge in [-0.1, -0.05) is 25.5 Å². The van der Waals surface area contributed by atoms with E-state index in [-0.39, 0.29) is 29.8 Å². The molecule has 2 fully saturated rings. The standard InChI is InChI=1S/C22H35ClO5/c1-15(7-5-6-12-23)19(24)11-10-17-18-13-16(28-21(18)14-20(17)25)8-3-4-9-22(26)27-2/h8,10-11,15,17-21,24-25H,3-7,9,12-14H2,1-2H3/b11-10+,16-8-/t15?,17-,18-,19-,20-,21-/m1/s1. The number of alkyl halides is 1. The Morgan fingerprint density at radius 3 is 2.89 bits per heavy atom. The van der Waals surface area contributed by atoms with Crippen molar-refractivity contribution >= 4 is 17.6 Å². The molecule has 1 aliphatic heterocycles. The van der Waals surface area contributed by atoms with E-state index in [9.17, 15) is 15.0 Å². The molecule has 2 N–H and O–H groups in total. The van der Waals surface area contributed by atoms with Crippen molar-refractivity contribution in [1.29, 1.82) is 0 Å². The third kappa shape index (κ3) is 6.78. The lowest BCUT2D eigenvalue weighted by atomic mass is 9.89. The number of esters is 1. The first kappa shape index (κ1) is 23.2. The van der Waals surface area contributed by atoms with Crippen LogP contribution in [-0.4, -0.2) is 47.5 Å². The van der Waals surface area contributed by atoms with Crippen molar-refractivity contribution in [2.45, 2.75) is 76.6 Å². The van der Waals surface area contributed by atoms with Crippen LogP contribution >= 0.6 is 11.6 Å². The summed E-state index contributed by atoms with van der Waals surface area (Å²) in [5.41, 5.74) is 0. The smallest absolute Gasteiger partial charge is 0.305 e. The summed E-state index contributed by atoms with van der Waals surface area (Å²) in [4.78, 5) is 11.2. The molecule has 6 heteroatoms. The summed E-state index contributed by atoms with van der Waals surface area (Å²) in [7, 11) is 1.40. The Morgan fingerprint density at radius 1 is 1.39 bits per heavy atom. The Hall–Kier alpha value is -1.04. The lowest BCUT2D eigenvalue weighted by Gasteiger charge is -2.18. The van der Waals surface area contributed by atoms with Crippen molar-refractivity contribution < 1.29 is 24.5 Å². The summed E-state index contributed by atoms with van der Waals surface area (Å²) >= 11 is 5.71. The van der Waals surface area contributed by atoms with E-state index >= 15 is 0 Å². The number of hydrogen-bond acceptors (Lipinski definition) is 5. The number of ether oxygens (including phenoxy) is 2. The summed E-state index contributed by atoms with van der Waals surface area (Å²) in [5, 5.41) is 20.8. The number of aliphatic hydroxyl groups excluding tert-OH is 2. The van der Waals surface area contributed by atoms with Gasteiger partial charge in [-0.3, -0.25) is 4.79 Å². The van der Waals surface area contributed by atoms with Crippen molar-refractivity contribution in [3.8, 4) is 0 Å². The number of halogens is 1. The van der Waals surface area contributed by atoms with Crippen LogP contribution in [0.1, 0.15) is 58.3 Å². The van der Waals surface area contributed by atoms with Crippen molar-refractivity contribution in [3.05, 3.63) is 24.0 Å². The second kappa shape index (κ2) is 11.8. The molecule has 0 aromatic rings. The molecule has 2 rings (SSSR count). The minimum Gasteiger partial charge on any atom is -0.495 e. The number of carbonyl (C=O) groups excluding carboxylic acids is 1. The highest BCUT2D eigenvalue weighted by atomic mass is 35.5. The van der Waals surface area contributed by atoms with E-state index in [2.05, 4.69) is 10.8 Å². The lowest BCUT2D eigenvalue weighted by Crippen LogP contribution is -2.20. The van der Waals surface area contributed by atoms with Gasteiger partial charge in [0.25, 0.3) is 0 Å². The van der Waals surface area contributed by atoms with E-state index in [4.69, 9.17) is 16.3 Å². The van der Waals surface area contributed by atoms with Gasteiger partial charge in [0.05, 0.1) is 25.1 Å². The van der Waals surface area contributed by atoms with Crippen LogP contribution < -0.4 is 0 Å². The van der Waals surface area contributed by atoms with Crippen LogP contribution in [0.3, 0.4) is 0 Å². The van der Waals surface area contributed by atoms with Crippen molar-refractivity contribution in [2.75, 3.05) is 13.0 Å². The second-order valence-electron chi connectivity index (χ2n) is 8.08. The third-order valence-corrected chi connectivity index (χ3v) is 6.24. The zero-order valence-electron chi connectivity index (χ0n) is 17.1. The predicted molar refractivity (Wildman–Crippen MR) is 110 cm³/mol. The molecule has 5 nitrogen and oxygen atoms in total. The van der Waals surface area contributed by atoms with E-state index < -0.39 is 12.2 Å². The number of carbonyl (C=O) groups is 1. The molecule has 28 heavy (non-hydrogen) atoms. The average molecular weight is 415 g/mol. The Labute approximate surface area is 173 Å². The average Bonchev–Trinajstić information content (AvgIpc) is 3.19. The number of hydrogen-bond donors (Lipinski definition) is 2. The van der Waals surface area contributed by atoms with Gasteiger partial charge in [-0.25, -0.2) is 0 Å². The molecule has 1 saturated carbocycles. The molecule has 1 aliphatic carbocycles. The van der Waals surface area contributed by atoms with E-state index in [0.717, 1.165) is 44.3 Å². The highest BCUT2D eigenvalue weighted by Gasteiger charge is 2.47. The van der Waals surface area contributed by atoms with Gasteiger partial charge in [0.15, 0.2) is 0 Å². The minimum absolute atomic E-state index is 0.00987. The van der Waals surface area contributed by atoms with Crippen molar-refractivity contribution in [2.24, 2.45) is 17.8 Å². The van der Waals surface area contributed by atoms with Crippen LogP contribution in [0, 0.1) is 17.8 Å². The fourth-order valence-corrected chi connectivity index (χ4v) is 4.35. The van der Waals surface area contributed by atoms with Gasteiger partial charge in [-0.2, -0.15) is 0 Å². The molecule has 1 heterocycles. The zero-order chi connectivity index (χ0) is 20.5. The fraction of sp³-hybridized carbons (Fsp3) is 0.773. The third-order valence-electron chi connectivity index (χ3n) is 5.97. The molecule has 0 bridgehead atoms. The van der Waals surface area contributed by atoms with Gasteiger partial charge in [0, 0.05) is 37.0 Å². The van der Waals surface area contributed by atoms with E-state index in [0.29, 0.717) is 18.7 Å². The fourth-order valence-electron chi connectivity index (χ4n) is 4.16. The molecule has 0 aromatic heterocycles. The van der Waals surface area contributed by atoms with E-state index in [1.165, 1.54) is 7.11 Å². The van der Waals surface area contributed by atoms with Crippen LogP contribution in [0.2, 0.25) is 0 Å². The highest BCUT2D eigenvalue weighted by molar-refractivity contribution is 6.17. The Morgan fingerprint density at radius 2 is 2.18 bits per heavy atom. The maximum Gasteiger partial charge on any atom is 0.305 e. The first-order valence-electron chi connectivity index (χ1n) is 10.5. The summed E-state index contributed by atoms with van der Waals surface area (Å²) in [5.74, 6) is 1.87. The number of unbranched alkanes of at least 4 members (excludes halogenated alkanes) is 2. The monoisotopic (exact) mass is 414 g/mol. The van der Waals surface area contributed by atoms with Crippen LogP contribution in [0.5, 0.6) is 0 Å². The summed E-state index contributed by atoms with van der Waals surface area (Å²) in [6, 6.07) is 0. The number of allylic oxidation sites excluding steroid dienone is 2. The topological polar surface area (TPSA) is 76.0 Å². The Kier molecular flexibility index (Phi) is 9.83. The highest BCUT2D eigenvalue weighted by Crippen LogP contribution is 2.45. The summed E-state index contributed by atoms with van der Waals surface area (Å²) in [6.07, 6.45) is 11.3. The molecule has 0 spiro atoms. The van der Waals surface area contributed by atoms with Crippen LogP contribution in [0.25, 0.3) is 0 Å². The predicted octanol–water partition coefficient (Wildman–Crippen LogP) is 3.96. The zero-order valence-corrected chi connectivity index (χ0v) is 17.8. The Balaban J connectivity index is 1.83. The normalized spacial score (nSPS) is 30.4. The number of fused-ring (bicyclic) bond motifs is 1. The summed E-state index contributed by atoms with van der Waals surface area (Å²) < 4.78 is 10.7. The first-order chi connectivity index (χ1) is 13.5. The molecular weight excluding hydrogens is 380 g/mol. The van der Waals surface area contributed by atoms with Gasteiger partial charge >= 0.3 is 5.97 Å². The van der Waals surface area contributed by atoms with Crippen molar-refractivity contribution in [1.82, 2.24) is 0 Å². The molecule has 1 unspecified atom stereocenters. The molecule has 1 saturated heterocycles. The lowest BCUT2D eigenvalue weighted by molar-refractivity contribution is -0.140. The van der Waals surface area contributed by atoms with Gasteiger partial charge in [0.2, 0.25) is 0 Å². The maximum atomic E-state index is 11.2. The minimum atomic E-state index is -0.503. The van der Waals surface area contributed by atoms with Crippen molar-refractivity contribution in [3.63, 3.8) is 0 Å². The van der Waals surface area contributed by atoms with Crippen LogP contribution in [-0.2, 0) is 14.3 Å². The Bertz CT molecular complexity index is 547. The SMILES string of the molecule is COC(=O)CCC/C=C1/C[C@@H]2[C@@H](/C=C/[C@@H](O)C(C)CCCCCl)[C@H](O)C[C@H]2O1. The van der Waals surface area contributed by atoms with Gasteiger partial charge in [-0.05, 0) is 37.7 Å². The molecule has 2 aliphatic rings.